The molecule has 2 aliphatic rings. The zero-order valence-corrected chi connectivity index (χ0v) is 33.4. The van der Waals surface area contributed by atoms with Crippen LogP contribution in [0.3, 0.4) is 0 Å². The fourth-order valence-corrected chi connectivity index (χ4v) is 17.1. The van der Waals surface area contributed by atoms with Gasteiger partial charge in [0.15, 0.2) is 0 Å². The van der Waals surface area contributed by atoms with E-state index in [1.807, 2.05) is 0 Å². The number of fused-ring (bicyclic) bond motifs is 10. The summed E-state index contributed by atoms with van der Waals surface area (Å²) in [5, 5.41) is 11.7. The maximum atomic E-state index is 7.06. The van der Waals surface area contributed by atoms with Crippen molar-refractivity contribution in [1.82, 2.24) is 0 Å². The Morgan fingerprint density at radius 3 is 1.79 bits per heavy atom. The second-order valence-electron chi connectivity index (χ2n) is 13.4. The zero-order valence-electron chi connectivity index (χ0n) is 27.9. The van der Waals surface area contributed by atoms with Crippen molar-refractivity contribution in [3.05, 3.63) is 193 Å². The molecule has 0 bridgehead atoms. The fourth-order valence-electron chi connectivity index (χ4n) is 8.60. The van der Waals surface area contributed by atoms with Gasteiger partial charge in [0, 0.05) is 0 Å². The van der Waals surface area contributed by atoms with Crippen molar-refractivity contribution in [2.45, 2.75) is 12.8 Å². The van der Waals surface area contributed by atoms with E-state index in [1.165, 1.54) is 72.2 Å². The van der Waals surface area contributed by atoms with Crippen LogP contribution in [0.2, 0.25) is 10.0 Å². The second kappa shape index (κ2) is 14.2. The van der Waals surface area contributed by atoms with Crippen molar-refractivity contribution < 1.29 is 46.1 Å². The molecule has 0 amide bonds. The molecule has 0 aromatic heterocycles. The fraction of sp³-hybridized carbons (Fsp3) is 0.0426. The van der Waals surface area contributed by atoms with Gasteiger partial charge in [-0.05, 0) is 0 Å². The topological polar surface area (TPSA) is 0 Å². The SMILES string of the molecule is Clc1cc([C](c2cc(Cl)cc3ccccc23)=[Zr+2]([C]2=CC=CC2)[c]2cccc3c2c2c(c4ccccc43)-c3ccccc3C2)c2ccccc2c1.[Cl-].[Cl-]. The second-order valence-corrected chi connectivity index (χ2v) is 20.2. The molecule has 52 heavy (non-hydrogen) atoms. The van der Waals surface area contributed by atoms with Gasteiger partial charge in [-0.3, -0.25) is 0 Å². The summed E-state index contributed by atoms with van der Waals surface area (Å²) in [6, 6.07) is 51.2. The van der Waals surface area contributed by atoms with Crippen LogP contribution in [-0.4, -0.2) is 3.21 Å². The Labute approximate surface area is 333 Å². The van der Waals surface area contributed by atoms with Crippen LogP contribution >= 0.6 is 23.2 Å². The van der Waals surface area contributed by atoms with Gasteiger partial charge in [0.25, 0.3) is 0 Å². The first kappa shape index (κ1) is 35.2. The van der Waals surface area contributed by atoms with Crippen molar-refractivity contribution in [2.75, 3.05) is 0 Å². The van der Waals surface area contributed by atoms with E-state index in [0.29, 0.717) is 0 Å². The number of rotatable bonds is 4. The first-order valence-electron chi connectivity index (χ1n) is 17.2. The largest absolute Gasteiger partial charge is 1.00 e. The third-order valence-corrected chi connectivity index (χ3v) is 18.4. The van der Waals surface area contributed by atoms with Crippen LogP contribution < -0.4 is 28.1 Å². The summed E-state index contributed by atoms with van der Waals surface area (Å²) >= 11 is 11.0. The van der Waals surface area contributed by atoms with Crippen molar-refractivity contribution in [1.29, 1.82) is 0 Å². The van der Waals surface area contributed by atoms with Gasteiger partial charge < -0.3 is 24.8 Å². The van der Waals surface area contributed by atoms with Crippen LogP contribution in [-0.2, 0) is 27.7 Å². The summed E-state index contributed by atoms with van der Waals surface area (Å²) in [5.41, 5.74) is 8.09. The Kier molecular flexibility index (Phi) is 9.63. The number of halogens is 4. The Bertz CT molecular complexity index is 2760. The molecule has 10 rings (SSSR count). The molecule has 0 unspecified atom stereocenters. The summed E-state index contributed by atoms with van der Waals surface area (Å²) in [7, 11) is 0. The van der Waals surface area contributed by atoms with Gasteiger partial charge in [-0.25, -0.2) is 0 Å². The molecule has 0 heterocycles. The molecule has 8 aromatic rings. The number of benzene rings is 8. The molecule has 0 N–H and O–H groups in total. The smallest absolute Gasteiger partial charge is 1.00 e. The van der Waals surface area contributed by atoms with Crippen molar-refractivity contribution >= 4 is 72.8 Å². The van der Waals surface area contributed by atoms with Gasteiger partial charge in [0.1, 0.15) is 0 Å². The molecule has 0 fully saturated rings. The van der Waals surface area contributed by atoms with E-state index >= 15 is 0 Å². The van der Waals surface area contributed by atoms with Crippen molar-refractivity contribution in [2.24, 2.45) is 0 Å². The van der Waals surface area contributed by atoms with Gasteiger partial charge in [-0.15, -0.1) is 0 Å². The predicted octanol–water partition coefficient (Wildman–Crippen LogP) is 6.54. The molecule has 5 heteroatoms. The summed E-state index contributed by atoms with van der Waals surface area (Å²) in [6.07, 6.45) is 8.92. The molecular weight excluding hydrogens is 798 g/mol. The molecular formula is C47H30Cl4Zr. The van der Waals surface area contributed by atoms with Crippen molar-refractivity contribution in [3.63, 3.8) is 0 Å². The van der Waals surface area contributed by atoms with Crippen LogP contribution in [0.4, 0.5) is 0 Å². The minimum atomic E-state index is -3.13. The first-order chi connectivity index (χ1) is 24.6. The van der Waals surface area contributed by atoms with Gasteiger partial charge in [-0.1, -0.05) is 0 Å². The average molecular weight is 828 g/mol. The summed E-state index contributed by atoms with van der Waals surface area (Å²) in [5.74, 6) is 0. The summed E-state index contributed by atoms with van der Waals surface area (Å²) in [4.78, 5) is 0. The standard InChI is InChI=1S/C21H12Cl2.C21H13.C5H5.2ClH.Zr/c22-18-10-14-5-1-3-7-20(14)16(12-18)9-17-13-19(23)11-15-6-2-4-8-21(15)17;1-2-8-15-14(7-1)13-20-18-11-4-3-9-16(18)17-10-5-6-12-19(17)21(15)20;1-2-4-5-3-1;;;/h1-8,10-13H;1-10,12H,13H2;1-3H,4H2;2*1H;/q;;;;;+2/p-2. The maximum absolute atomic E-state index is 7.06. The van der Waals surface area contributed by atoms with Crippen LogP contribution in [0.15, 0.2) is 161 Å². The number of allylic oxidation sites excluding steroid dienone is 4. The Hall–Kier alpha value is -3.81. The van der Waals surface area contributed by atoms with E-state index in [4.69, 9.17) is 23.2 Å². The molecule has 250 valence electrons. The summed E-state index contributed by atoms with van der Waals surface area (Å²) < 4.78 is 4.49. The van der Waals surface area contributed by atoms with E-state index in [9.17, 15) is 0 Å². The van der Waals surface area contributed by atoms with E-state index < -0.39 is 21.3 Å². The molecule has 0 spiro atoms. The van der Waals surface area contributed by atoms with Crippen LogP contribution in [0.1, 0.15) is 28.7 Å². The van der Waals surface area contributed by atoms with E-state index in [0.717, 1.165) is 33.7 Å². The minimum absolute atomic E-state index is 0. The first-order valence-corrected chi connectivity index (χ1v) is 21.6. The third-order valence-electron chi connectivity index (χ3n) is 10.6. The molecule has 8 aromatic carbocycles. The van der Waals surface area contributed by atoms with Crippen LogP contribution in [0.25, 0.3) is 54.2 Å². The molecule has 0 atom stereocenters. The van der Waals surface area contributed by atoms with Gasteiger partial charge >= 0.3 is 311 Å². The molecule has 0 nitrogen and oxygen atoms in total. The van der Waals surface area contributed by atoms with Gasteiger partial charge in [-0.2, -0.15) is 0 Å². The molecule has 2 aliphatic carbocycles. The maximum Gasteiger partial charge on any atom is -1.00 e. The normalized spacial score (nSPS) is 12.6. The number of hydrogen-bond donors (Lipinski definition) is 0. The van der Waals surface area contributed by atoms with Crippen LogP contribution in [0, 0.1) is 0 Å². The Morgan fingerprint density at radius 1 is 0.558 bits per heavy atom. The zero-order chi connectivity index (χ0) is 33.3. The van der Waals surface area contributed by atoms with Crippen LogP contribution in [0.5, 0.6) is 0 Å². The quantitative estimate of drug-likeness (QED) is 0.177. The Balaban J connectivity index is 0.00000193. The average Bonchev–Trinajstić information content (AvgIpc) is 3.82. The van der Waals surface area contributed by atoms with E-state index in [1.54, 1.807) is 3.28 Å². The Morgan fingerprint density at radius 2 is 1.13 bits per heavy atom. The third kappa shape index (κ3) is 5.65. The minimum Gasteiger partial charge on any atom is -1.00 e. The molecule has 0 saturated heterocycles. The monoisotopic (exact) mass is 824 g/mol. The number of hydrogen-bond acceptors (Lipinski definition) is 0. The molecule has 0 saturated carbocycles. The molecule has 0 radical (unpaired) electrons. The van der Waals surface area contributed by atoms with E-state index in [2.05, 4.69) is 158 Å². The van der Waals surface area contributed by atoms with Gasteiger partial charge in [0.2, 0.25) is 0 Å². The molecule has 0 aliphatic heterocycles. The summed E-state index contributed by atoms with van der Waals surface area (Å²) in [6.45, 7) is 0. The van der Waals surface area contributed by atoms with Crippen molar-refractivity contribution in [3.8, 4) is 11.1 Å². The van der Waals surface area contributed by atoms with E-state index in [-0.39, 0.29) is 24.8 Å². The van der Waals surface area contributed by atoms with Gasteiger partial charge in [0.05, 0.1) is 0 Å². The predicted molar refractivity (Wildman–Crippen MR) is 212 cm³/mol.